The lowest BCUT2D eigenvalue weighted by Gasteiger charge is -2.12. The summed E-state index contributed by atoms with van der Waals surface area (Å²) in [6, 6.07) is 15.4. The van der Waals surface area contributed by atoms with E-state index >= 15 is 0 Å². The molecule has 0 aliphatic heterocycles. The summed E-state index contributed by atoms with van der Waals surface area (Å²) in [4.78, 5) is 24.5. The number of anilines is 1. The number of carbonyl (C=O) groups is 1. The number of benzene rings is 2. The lowest BCUT2D eigenvalue weighted by Crippen LogP contribution is -2.20. The molecule has 2 aromatic carbocycles. The van der Waals surface area contributed by atoms with Crippen molar-refractivity contribution in [2.45, 2.75) is 31.6 Å². The first-order chi connectivity index (χ1) is 21.1. The van der Waals surface area contributed by atoms with Crippen LogP contribution in [0.15, 0.2) is 73.2 Å². The Hall–Kier alpha value is -4.94. The molecule has 10 nitrogen and oxygen atoms in total. The minimum absolute atomic E-state index is 0.0428. The van der Waals surface area contributed by atoms with Gasteiger partial charge in [-0.05, 0) is 66.1 Å². The molecule has 0 aliphatic carbocycles. The van der Waals surface area contributed by atoms with Crippen LogP contribution in [0.2, 0.25) is 0 Å². The molecular weight excluding hydrogens is 581 g/mol. The summed E-state index contributed by atoms with van der Waals surface area (Å²) in [5.74, 6) is -0.658. The predicted octanol–water partition coefficient (Wildman–Crippen LogP) is 6.10. The van der Waals surface area contributed by atoms with E-state index in [1.807, 2.05) is 37.3 Å². The van der Waals surface area contributed by atoms with E-state index in [1.54, 1.807) is 30.7 Å². The van der Waals surface area contributed by atoms with Crippen LogP contribution in [-0.2, 0) is 14.6 Å². The third-order valence-corrected chi connectivity index (χ3v) is 8.66. The summed E-state index contributed by atoms with van der Waals surface area (Å²) in [5, 5.41) is 10.8. The van der Waals surface area contributed by atoms with Gasteiger partial charge in [-0.3, -0.25) is 19.9 Å². The molecule has 1 unspecified atom stereocenters. The maximum atomic E-state index is 14.7. The molecule has 44 heavy (non-hydrogen) atoms. The van der Waals surface area contributed by atoms with Crippen LogP contribution in [0.25, 0.3) is 55.6 Å². The number of unbranched alkanes of at least 4 members (excludes halogenated alkanes) is 1. The summed E-state index contributed by atoms with van der Waals surface area (Å²) >= 11 is 0. The highest BCUT2D eigenvalue weighted by Crippen LogP contribution is 2.35. The van der Waals surface area contributed by atoms with Crippen LogP contribution in [0.3, 0.4) is 0 Å². The molecule has 0 saturated heterocycles. The first-order valence-corrected chi connectivity index (χ1v) is 16.0. The summed E-state index contributed by atoms with van der Waals surface area (Å²) in [7, 11) is -3.65. The highest BCUT2D eigenvalue weighted by molar-refractivity contribution is 7.90. The van der Waals surface area contributed by atoms with Gasteiger partial charge in [0.05, 0.1) is 28.8 Å². The fraction of sp³-hybridized carbons (Fsp3) is 0.188. The maximum Gasteiger partial charge on any atom is 0.224 e. The van der Waals surface area contributed by atoms with Crippen molar-refractivity contribution in [3.05, 3.63) is 84.6 Å². The Morgan fingerprint density at radius 3 is 2.59 bits per heavy atom. The molecule has 1 amide bonds. The van der Waals surface area contributed by atoms with Gasteiger partial charge in [-0.1, -0.05) is 19.4 Å². The van der Waals surface area contributed by atoms with E-state index in [4.69, 9.17) is 5.73 Å². The summed E-state index contributed by atoms with van der Waals surface area (Å²) < 4.78 is 38.8. The Labute approximate surface area is 252 Å². The van der Waals surface area contributed by atoms with Crippen LogP contribution in [0.1, 0.15) is 37.1 Å². The average molecular weight is 612 g/mol. The van der Waals surface area contributed by atoms with Gasteiger partial charge >= 0.3 is 0 Å². The quantitative estimate of drug-likeness (QED) is 0.154. The molecule has 5 N–H and O–H groups in total. The van der Waals surface area contributed by atoms with E-state index < -0.39 is 21.0 Å². The number of fused-ring (bicyclic) bond motifs is 2. The van der Waals surface area contributed by atoms with Crippen molar-refractivity contribution in [3.63, 3.8) is 0 Å². The Bertz CT molecular complexity index is 2140. The largest absolute Gasteiger partial charge is 0.353 e. The van der Waals surface area contributed by atoms with Gasteiger partial charge in [0, 0.05) is 52.5 Å². The van der Waals surface area contributed by atoms with Crippen molar-refractivity contribution in [1.29, 1.82) is 0 Å². The Balaban J connectivity index is 1.38. The Kier molecular flexibility index (Phi) is 7.70. The maximum absolute atomic E-state index is 14.7. The van der Waals surface area contributed by atoms with Crippen LogP contribution < -0.4 is 11.1 Å². The number of amides is 1. The first kappa shape index (κ1) is 29.1. The van der Waals surface area contributed by atoms with Gasteiger partial charge in [-0.25, -0.2) is 12.8 Å². The van der Waals surface area contributed by atoms with E-state index in [2.05, 4.69) is 30.5 Å². The molecule has 6 rings (SSSR count). The molecule has 0 bridgehead atoms. The fourth-order valence-electron chi connectivity index (χ4n) is 5.20. The smallest absolute Gasteiger partial charge is 0.224 e. The zero-order valence-electron chi connectivity index (χ0n) is 24.1. The first-order valence-electron chi connectivity index (χ1n) is 14.1. The number of nitrogens with zero attached hydrogens (tertiary/aromatic N) is 3. The SMILES string of the molecule is CCCCC(=O)Nc1cncc(-c2ccc3[nH]nc(-c4cc5c(-c6cc(F)cc(C(N)S(C)(=O)=O)c6)nccc5[nH]4)c3c2)c1. The highest BCUT2D eigenvalue weighted by Gasteiger charge is 2.21. The zero-order chi connectivity index (χ0) is 31.0. The molecule has 4 aromatic heterocycles. The van der Waals surface area contributed by atoms with Gasteiger partial charge in [0.2, 0.25) is 5.91 Å². The van der Waals surface area contributed by atoms with Gasteiger partial charge in [0.25, 0.3) is 0 Å². The van der Waals surface area contributed by atoms with Crippen molar-refractivity contribution in [2.75, 3.05) is 11.6 Å². The van der Waals surface area contributed by atoms with Crippen LogP contribution >= 0.6 is 0 Å². The number of halogens is 1. The molecule has 0 aliphatic rings. The molecule has 1 atom stereocenters. The number of sulfone groups is 1. The molecule has 0 radical (unpaired) electrons. The third-order valence-electron chi connectivity index (χ3n) is 7.46. The van der Waals surface area contributed by atoms with Gasteiger partial charge < -0.3 is 16.0 Å². The number of aromatic amines is 2. The van der Waals surface area contributed by atoms with Gasteiger partial charge in [-0.15, -0.1) is 0 Å². The van der Waals surface area contributed by atoms with Crippen molar-refractivity contribution in [3.8, 4) is 33.8 Å². The topological polar surface area (TPSA) is 160 Å². The number of hydrogen-bond acceptors (Lipinski definition) is 7. The minimum atomic E-state index is -3.65. The second-order valence-electron chi connectivity index (χ2n) is 10.8. The van der Waals surface area contributed by atoms with Gasteiger partial charge in [-0.2, -0.15) is 5.10 Å². The second-order valence-corrected chi connectivity index (χ2v) is 12.9. The minimum Gasteiger partial charge on any atom is -0.353 e. The molecule has 12 heteroatoms. The number of nitrogens with two attached hydrogens (primary N) is 1. The predicted molar refractivity (Wildman–Crippen MR) is 170 cm³/mol. The third kappa shape index (κ3) is 5.81. The van der Waals surface area contributed by atoms with E-state index in [9.17, 15) is 17.6 Å². The Morgan fingerprint density at radius 1 is 0.977 bits per heavy atom. The van der Waals surface area contributed by atoms with Gasteiger partial charge in [0.1, 0.15) is 16.9 Å². The normalized spacial score (nSPS) is 12.5. The van der Waals surface area contributed by atoms with Crippen LogP contribution in [0.4, 0.5) is 10.1 Å². The van der Waals surface area contributed by atoms with E-state index in [0.29, 0.717) is 40.1 Å². The lowest BCUT2D eigenvalue weighted by atomic mass is 10.0. The van der Waals surface area contributed by atoms with Crippen LogP contribution in [0.5, 0.6) is 0 Å². The average Bonchev–Trinajstić information content (AvgIpc) is 3.62. The van der Waals surface area contributed by atoms with E-state index in [1.165, 1.54) is 6.07 Å². The lowest BCUT2D eigenvalue weighted by molar-refractivity contribution is -0.116. The van der Waals surface area contributed by atoms with Crippen molar-refractivity contribution in [1.82, 2.24) is 25.1 Å². The number of aromatic nitrogens is 5. The number of H-pyrrole nitrogens is 2. The van der Waals surface area contributed by atoms with Crippen molar-refractivity contribution in [2.24, 2.45) is 5.73 Å². The van der Waals surface area contributed by atoms with Crippen molar-refractivity contribution >= 4 is 43.2 Å². The number of carbonyl (C=O) groups excluding carboxylic acids is 1. The van der Waals surface area contributed by atoms with Gasteiger partial charge in [0.15, 0.2) is 9.84 Å². The standard InChI is InChI=1S/C32H30FN7O3S/c1-3-4-5-29(41)37-23-13-21(16-35-17-23)18-6-7-27-24(14-18)31(40-39-27)28-15-25-26(38-28)8-9-36-30(25)19-10-20(12-22(33)11-19)32(34)44(2,42)43/h6-17,32,38H,3-5,34H2,1-2H3,(H,37,41)(H,39,40). The highest BCUT2D eigenvalue weighted by atomic mass is 32.2. The molecule has 0 spiro atoms. The van der Waals surface area contributed by atoms with Crippen LogP contribution in [0, 0.1) is 5.82 Å². The molecule has 4 heterocycles. The second kappa shape index (κ2) is 11.6. The summed E-state index contributed by atoms with van der Waals surface area (Å²) in [6.45, 7) is 2.04. The van der Waals surface area contributed by atoms with E-state index in [0.717, 1.165) is 52.7 Å². The molecule has 224 valence electrons. The number of hydrogen-bond donors (Lipinski definition) is 4. The Morgan fingerprint density at radius 2 is 1.80 bits per heavy atom. The number of pyridine rings is 2. The van der Waals surface area contributed by atoms with Crippen molar-refractivity contribution < 1.29 is 17.6 Å². The molecule has 6 aromatic rings. The monoisotopic (exact) mass is 611 g/mol. The van der Waals surface area contributed by atoms with E-state index in [-0.39, 0.29) is 11.5 Å². The number of nitrogens with one attached hydrogen (secondary N) is 3. The zero-order valence-corrected chi connectivity index (χ0v) is 24.9. The fourth-order valence-corrected chi connectivity index (χ4v) is 5.83. The number of rotatable bonds is 9. The molecular formula is C32H30FN7O3S. The summed E-state index contributed by atoms with van der Waals surface area (Å²) in [6.07, 6.45) is 8.21. The summed E-state index contributed by atoms with van der Waals surface area (Å²) in [5.41, 5.74) is 12.2. The molecule has 0 saturated carbocycles. The molecule has 0 fully saturated rings. The van der Waals surface area contributed by atoms with Crippen LogP contribution in [-0.4, -0.2) is 45.7 Å².